The SMILES string of the molecule is O=C(O)C[C@@H](NC(=O)c1ncnc2[nH]ccc12)c1cccc(O)c1. The van der Waals surface area contributed by atoms with Gasteiger partial charge in [-0.15, -0.1) is 0 Å². The summed E-state index contributed by atoms with van der Waals surface area (Å²) in [5, 5.41) is 21.9. The molecule has 2 heterocycles. The highest BCUT2D eigenvalue weighted by molar-refractivity contribution is 6.03. The number of H-pyrrole nitrogens is 1. The van der Waals surface area contributed by atoms with Gasteiger partial charge in [-0.3, -0.25) is 9.59 Å². The lowest BCUT2D eigenvalue weighted by molar-refractivity contribution is -0.137. The van der Waals surface area contributed by atoms with Crippen LogP contribution in [0.1, 0.15) is 28.5 Å². The van der Waals surface area contributed by atoms with Gasteiger partial charge in [-0.25, -0.2) is 9.97 Å². The number of phenols is 1. The molecule has 1 aromatic carbocycles. The van der Waals surface area contributed by atoms with Gasteiger partial charge in [-0.1, -0.05) is 12.1 Å². The standard InChI is InChI=1S/C16H14N4O4/c21-10-3-1-2-9(6-10)12(7-13(22)23)20-16(24)14-11-4-5-17-15(11)19-8-18-14/h1-6,8,12,21H,7H2,(H,20,24)(H,22,23)(H,17,18,19)/t12-/m1/s1. The molecule has 0 aliphatic carbocycles. The van der Waals surface area contributed by atoms with Gasteiger partial charge in [0.15, 0.2) is 0 Å². The molecule has 8 nitrogen and oxygen atoms in total. The van der Waals surface area contributed by atoms with Crippen LogP contribution < -0.4 is 5.32 Å². The monoisotopic (exact) mass is 326 g/mol. The smallest absolute Gasteiger partial charge is 0.305 e. The first-order valence-electron chi connectivity index (χ1n) is 7.14. The number of hydrogen-bond acceptors (Lipinski definition) is 5. The maximum Gasteiger partial charge on any atom is 0.305 e. The van der Waals surface area contributed by atoms with Crippen molar-refractivity contribution in [2.45, 2.75) is 12.5 Å². The van der Waals surface area contributed by atoms with Gasteiger partial charge in [-0.05, 0) is 23.8 Å². The number of aliphatic carboxylic acids is 1. The number of fused-ring (bicyclic) bond motifs is 1. The number of amides is 1. The largest absolute Gasteiger partial charge is 0.508 e. The van der Waals surface area contributed by atoms with Crippen LogP contribution in [0, 0.1) is 0 Å². The Kier molecular flexibility index (Phi) is 4.11. The maximum absolute atomic E-state index is 12.5. The molecular weight excluding hydrogens is 312 g/mol. The summed E-state index contributed by atoms with van der Waals surface area (Å²) in [7, 11) is 0. The summed E-state index contributed by atoms with van der Waals surface area (Å²) in [6.45, 7) is 0. The number of nitrogens with one attached hydrogen (secondary N) is 2. The number of phenolic OH excluding ortho intramolecular Hbond substituents is 1. The highest BCUT2D eigenvalue weighted by Crippen LogP contribution is 2.22. The molecule has 122 valence electrons. The summed E-state index contributed by atoms with van der Waals surface area (Å²) < 4.78 is 0. The Morgan fingerprint density at radius 3 is 2.83 bits per heavy atom. The van der Waals surface area contributed by atoms with Crippen molar-refractivity contribution in [1.29, 1.82) is 0 Å². The average Bonchev–Trinajstić information content (AvgIpc) is 3.02. The van der Waals surface area contributed by atoms with Crippen molar-refractivity contribution in [3.63, 3.8) is 0 Å². The van der Waals surface area contributed by atoms with Crippen LogP contribution in [-0.2, 0) is 4.79 Å². The molecule has 0 bridgehead atoms. The summed E-state index contributed by atoms with van der Waals surface area (Å²) in [6.07, 6.45) is 2.57. The molecule has 0 aliphatic rings. The summed E-state index contributed by atoms with van der Waals surface area (Å²) in [5.74, 6) is -1.60. The Labute approximate surface area is 136 Å². The molecule has 24 heavy (non-hydrogen) atoms. The van der Waals surface area contributed by atoms with Crippen molar-refractivity contribution in [3.05, 3.63) is 54.1 Å². The first kappa shape index (κ1) is 15.5. The number of rotatable bonds is 5. The molecule has 4 N–H and O–H groups in total. The Morgan fingerprint density at radius 1 is 1.25 bits per heavy atom. The molecule has 0 saturated carbocycles. The van der Waals surface area contributed by atoms with E-state index in [0.717, 1.165) is 0 Å². The van der Waals surface area contributed by atoms with Crippen LogP contribution in [0.2, 0.25) is 0 Å². The maximum atomic E-state index is 12.5. The Hall–Kier alpha value is -3.42. The number of carbonyl (C=O) groups excluding carboxylic acids is 1. The second-order valence-electron chi connectivity index (χ2n) is 5.18. The van der Waals surface area contributed by atoms with Gasteiger partial charge in [0.05, 0.1) is 17.8 Å². The zero-order chi connectivity index (χ0) is 17.1. The Bertz CT molecular complexity index is 906. The number of carboxylic acid groups (broad SMARTS) is 1. The molecular formula is C16H14N4O4. The van der Waals surface area contributed by atoms with Crippen LogP contribution in [0.4, 0.5) is 0 Å². The molecule has 0 radical (unpaired) electrons. The molecule has 0 spiro atoms. The van der Waals surface area contributed by atoms with Crippen molar-refractivity contribution in [2.24, 2.45) is 0 Å². The fraction of sp³-hybridized carbons (Fsp3) is 0.125. The minimum Gasteiger partial charge on any atom is -0.508 e. The highest BCUT2D eigenvalue weighted by Gasteiger charge is 2.21. The highest BCUT2D eigenvalue weighted by atomic mass is 16.4. The van der Waals surface area contributed by atoms with Gasteiger partial charge in [0.25, 0.3) is 5.91 Å². The predicted molar refractivity (Wildman–Crippen MR) is 84.5 cm³/mol. The number of hydrogen-bond donors (Lipinski definition) is 4. The number of carbonyl (C=O) groups is 2. The van der Waals surface area contributed by atoms with Crippen LogP contribution in [-0.4, -0.2) is 37.0 Å². The summed E-state index contributed by atoms with van der Waals surface area (Å²) >= 11 is 0. The normalized spacial score (nSPS) is 12.0. The molecule has 0 saturated heterocycles. The third-order valence-electron chi connectivity index (χ3n) is 3.53. The molecule has 2 aromatic heterocycles. The topological polar surface area (TPSA) is 128 Å². The van der Waals surface area contributed by atoms with Crippen molar-refractivity contribution >= 4 is 22.9 Å². The zero-order valence-electron chi connectivity index (χ0n) is 12.4. The minimum absolute atomic E-state index is 0.00722. The van der Waals surface area contributed by atoms with E-state index in [1.165, 1.54) is 18.5 Å². The van der Waals surface area contributed by atoms with Crippen molar-refractivity contribution in [3.8, 4) is 5.75 Å². The first-order valence-corrected chi connectivity index (χ1v) is 7.14. The second-order valence-corrected chi connectivity index (χ2v) is 5.18. The van der Waals surface area contributed by atoms with E-state index in [2.05, 4.69) is 20.3 Å². The van der Waals surface area contributed by atoms with Crippen LogP contribution in [0.25, 0.3) is 11.0 Å². The Morgan fingerprint density at radius 2 is 2.08 bits per heavy atom. The quantitative estimate of drug-likeness (QED) is 0.564. The summed E-state index contributed by atoms with van der Waals surface area (Å²) in [4.78, 5) is 34.5. The zero-order valence-corrected chi connectivity index (χ0v) is 12.4. The Balaban J connectivity index is 1.91. The fourth-order valence-electron chi connectivity index (χ4n) is 2.45. The fourth-order valence-corrected chi connectivity index (χ4v) is 2.45. The molecule has 0 aliphatic heterocycles. The molecule has 3 rings (SSSR count). The number of aromatic amines is 1. The second kappa shape index (κ2) is 6.37. The van der Waals surface area contributed by atoms with Gasteiger partial charge in [0, 0.05) is 6.20 Å². The van der Waals surface area contributed by atoms with Gasteiger partial charge < -0.3 is 20.5 Å². The lowest BCUT2D eigenvalue weighted by Crippen LogP contribution is -2.31. The third-order valence-corrected chi connectivity index (χ3v) is 3.53. The lowest BCUT2D eigenvalue weighted by Gasteiger charge is -2.17. The van der Waals surface area contributed by atoms with Crippen LogP contribution in [0.3, 0.4) is 0 Å². The first-order chi connectivity index (χ1) is 11.5. The van der Waals surface area contributed by atoms with Gasteiger partial charge in [-0.2, -0.15) is 0 Å². The molecule has 3 aromatic rings. The van der Waals surface area contributed by atoms with E-state index < -0.39 is 17.9 Å². The van der Waals surface area contributed by atoms with Crippen molar-refractivity contribution < 1.29 is 19.8 Å². The molecule has 0 unspecified atom stereocenters. The third kappa shape index (κ3) is 3.17. The van der Waals surface area contributed by atoms with E-state index in [4.69, 9.17) is 5.11 Å². The number of aromatic nitrogens is 3. The minimum atomic E-state index is -1.07. The lowest BCUT2D eigenvalue weighted by atomic mass is 10.0. The van der Waals surface area contributed by atoms with Gasteiger partial charge in [0.2, 0.25) is 0 Å². The molecule has 0 fully saturated rings. The van der Waals surface area contributed by atoms with E-state index in [-0.39, 0.29) is 17.9 Å². The van der Waals surface area contributed by atoms with Gasteiger partial charge >= 0.3 is 5.97 Å². The molecule has 1 amide bonds. The van der Waals surface area contributed by atoms with Crippen LogP contribution >= 0.6 is 0 Å². The van der Waals surface area contributed by atoms with E-state index >= 15 is 0 Å². The number of aromatic hydroxyl groups is 1. The van der Waals surface area contributed by atoms with Crippen molar-refractivity contribution in [2.75, 3.05) is 0 Å². The van der Waals surface area contributed by atoms with Crippen LogP contribution in [0.15, 0.2) is 42.9 Å². The number of benzene rings is 1. The van der Waals surface area contributed by atoms with E-state index in [9.17, 15) is 14.7 Å². The summed E-state index contributed by atoms with van der Waals surface area (Å²) in [5.41, 5.74) is 1.16. The van der Waals surface area contributed by atoms with Crippen molar-refractivity contribution in [1.82, 2.24) is 20.3 Å². The average molecular weight is 326 g/mol. The predicted octanol–water partition coefficient (Wildman–Crippen LogP) is 1.61. The van der Waals surface area contributed by atoms with Crippen LogP contribution in [0.5, 0.6) is 5.75 Å². The molecule has 1 atom stereocenters. The van der Waals surface area contributed by atoms with E-state index in [1.807, 2.05) is 0 Å². The number of carboxylic acids is 1. The summed E-state index contributed by atoms with van der Waals surface area (Å²) in [6, 6.07) is 6.98. The molecule has 8 heteroatoms. The van der Waals surface area contributed by atoms with E-state index in [1.54, 1.807) is 24.4 Å². The van der Waals surface area contributed by atoms with E-state index in [0.29, 0.717) is 16.6 Å². The number of nitrogens with zero attached hydrogens (tertiary/aromatic N) is 2. The van der Waals surface area contributed by atoms with Gasteiger partial charge in [0.1, 0.15) is 23.4 Å².